The van der Waals surface area contributed by atoms with E-state index in [2.05, 4.69) is 34.7 Å². The maximum atomic E-state index is 12.4. The summed E-state index contributed by atoms with van der Waals surface area (Å²) in [6, 6.07) is 16.3. The Bertz CT molecular complexity index is 1220. The number of carboxylic acid groups (broad SMARTS) is 1. The number of fused-ring (bicyclic) bond motifs is 3. The van der Waals surface area contributed by atoms with Crippen LogP contribution in [-0.4, -0.2) is 57.5 Å². The first-order valence-electron chi connectivity index (χ1n) is 11.6. The summed E-state index contributed by atoms with van der Waals surface area (Å²) < 4.78 is 7.01. The van der Waals surface area contributed by atoms with Crippen LogP contribution in [0.4, 0.5) is 10.5 Å². The summed E-state index contributed by atoms with van der Waals surface area (Å²) in [5, 5.41) is 15.6. The van der Waals surface area contributed by atoms with E-state index < -0.39 is 12.1 Å². The highest BCUT2D eigenvalue weighted by atomic mass is 16.5. The summed E-state index contributed by atoms with van der Waals surface area (Å²) >= 11 is 0. The molecule has 0 atom stereocenters. The van der Waals surface area contributed by atoms with Gasteiger partial charge >= 0.3 is 12.1 Å². The number of amides is 2. The van der Waals surface area contributed by atoms with Gasteiger partial charge in [-0.15, -0.1) is 0 Å². The second kappa shape index (κ2) is 9.61. The number of carbonyl (C=O) groups excluding carboxylic acids is 2. The molecule has 1 saturated heterocycles. The standard InChI is InChI=1S/C26H26N4O5/c31-24(29-12-17(13-29)9-10-25(32)33)15-30-14-18(11-27-30)28-26(34)35-16-23-21-7-3-1-5-19(21)20-6-2-4-8-22(20)23/h1-8,11,14,17,23H,9-10,12-13,15-16H2,(H,28,34)(H,32,33). The van der Waals surface area contributed by atoms with Gasteiger partial charge in [-0.3, -0.25) is 19.6 Å². The maximum Gasteiger partial charge on any atom is 0.411 e. The van der Waals surface area contributed by atoms with Crippen molar-refractivity contribution in [2.24, 2.45) is 5.92 Å². The molecule has 0 radical (unpaired) electrons. The number of anilines is 1. The van der Waals surface area contributed by atoms with Crippen molar-refractivity contribution in [2.75, 3.05) is 25.0 Å². The van der Waals surface area contributed by atoms with Crippen LogP contribution in [0.1, 0.15) is 29.9 Å². The first-order valence-corrected chi connectivity index (χ1v) is 11.6. The predicted octanol–water partition coefficient (Wildman–Crippen LogP) is 3.57. The lowest BCUT2D eigenvalue weighted by Gasteiger charge is -2.39. The molecule has 5 rings (SSSR count). The van der Waals surface area contributed by atoms with Gasteiger partial charge in [-0.1, -0.05) is 48.5 Å². The molecule has 1 aliphatic heterocycles. The van der Waals surface area contributed by atoms with Crippen LogP contribution in [0, 0.1) is 5.92 Å². The topological polar surface area (TPSA) is 114 Å². The molecular weight excluding hydrogens is 448 g/mol. The molecule has 0 saturated carbocycles. The fourth-order valence-corrected chi connectivity index (χ4v) is 4.79. The van der Waals surface area contributed by atoms with Crippen molar-refractivity contribution in [1.29, 1.82) is 0 Å². The minimum absolute atomic E-state index is 0.0238. The van der Waals surface area contributed by atoms with E-state index in [-0.39, 0.29) is 37.3 Å². The lowest BCUT2D eigenvalue weighted by molar-refractivity contribution is -0.140. The van der Waals surface area contributed by atoms with E-state index in [1.54, 1.807) is 11.1 Å². The molecular formula is C26H26N4O5. The monoisotopic (exact) mass is 474 g/mol. The maximum absolute atomic E-state index is 12.4. The van der Waals surface area contributed by atoms with E-state index in [9.17, 15) is 14.4 Å². The molecule has 0 bridgehead atoms. The van der Waals surface area contributed by atoms with Crippen LogP contribution in [0.2, 0.25) is 0 Å². The van der Waals surface area contributed by atoms with Gasteiger partial charge in [0.15, 0.2) is 0 Å². The molecule has 3 aromatic rings. The predicted molar refractivity (Wildman–Crippen MR) is 128 cm³/mol. The Morgan fingerprint density at radius 1 is 1.03 bits per heavy atom. The van der Waals surface area contributed by atoms with Crippen molar-refractivity contribution in [2.45, 2.75) is 25.3 Å². The number of ether oxygens (including phenoxy) is 1. The van der Waals surface area contributed by atoms with Gasteiger partial charge in [0.05, 0.1) is 11.9 Å². The molecule has 0 spiro atoms. The summed E-state index contributed by atoms with van der Waals surface area (Å²) in [7, 11) is 0. The lowest BCUT2D eigenvalue weighted by Crippen LogP contribution is -2.51. The number of hydrogen-bond acceptors (Lipinski definition) is 5. The Labute approximate surface area is 202 Å². The Morgan fingerprint density at radius 2 is 1.69 bits per heavy atom. The number of benzene rings is 2. The van der Waals surface area contributed by atoms with Crippen LogP contribution in [0.25, 0.3) is 11.1 Å². The molecule has 2 aliphatic rings. The Balaban J connectivity index is 1.11. The number of nitrogens with zero attached hydrogens (tertiary/aromatic N) is 3. The van der Waals surface area contributed by atoms with E-state index in [1.807, 2.05) is 24.3 Å². The summed E-state index contributed by atoms with van der Waals surface area (Å²) in [6.07, 6.45) is 3.18. The minimum Gasteiger partial charge on any atom is -0.481 e. The molecule has 1 aliphatic carbocycles. The third kappa shape index (κ3) is 4.89. The smallest absolute Gasteiger partial charge is 0.411 e. The van der Waals surface area contributed by atoms with Crippen LogP contribution >= 0.6 is 0 Å². The first-order chi connectivity index (χ1) is 17.0. The zero-order chi connectivity index (χ0) is 24.4. The molecule has 180 valence electrons. The molecule has 2 heterocycles. The highest BCUT2D eigenvalue weighted by Gasteiger charge is 2.31. The van der Waals surface area contributed by atoms with Crippen molar-refractivity contribution >= 4 is 23.7 Å². The summed E-state index contributed by atoms with van der Waals surface area (Å²) in [6.45, 7) is 1.40. The van der Waals surface area contributed by atoms with E-state index in [0.717, 1.165) is 11.1 Å². The fraction of sp³-hybridized carbons (Fsp3) is 0.308. The largest absolute Gasteiger partial charge is 0.481 e. The lowest BCUT2D eigenvalue weighted by atomic mass is 9.94. The number of aliphatic carboxylic acids is 1. The Kier molecular flexibility index (Phi) is 6.22. The average molecular weight is 475 g/mol. The van der Waals surface area contributed by atoms with Gasteiger partial charge in [0.1, 0.15) is 13.2 Å². The zero-order valence-corrected chi connectivity index (χ0v) is 19.1. The van der Waals surface area contributed by atoms with Gasteiger partial charge in [-0.2, -0.15) is 5.10 Å². The quantitative estimate of drug-likeness (QED) is 0.516. The van der Waals surface area contributed by atoms with E-state index >= 15 is 0 Å². The number of likely N-dealkylation sites (tertiary alicyclic amines) is 1. The number of carbonyl (C=O) groups is 3. The van der Waals surface area contributed by atoms with Crippen LogP contribution in [0.15, 0.2) is 60.9 Å². The van der Waals surface area contributed by atoms with Crippen molar-refractivity contribution in [3.8, 4) is 11.1 Å². The normalized spacial score (nSPS) is 14.7. The van der Waals surface area contributed by atoms with Crippen molar-refractivity contribution in [1.82, 2.24) is 14.7 Å². The number of hydrogen-bond donors (Lipinski definition) is 2. The van der Waals surface area contributed by atoms with Gasteiger partial charge in [0, 0.05) is 31.6 Å². The van der Waals surface area contributed by atoms with Crippen LogP contribution in [0.5, 0.6) is 0 Å². The second-order valence-corrected chi connectivity index (χ2v) is 8.97. The minimum atomic E-state index is -0.817. The molecule has 9 nitrogen and oxygen atoms in total. The summed E-state index contributed by atoms with van der Waals surface area (Å²) in [5.74, 6) is -0.696. The van der Waals surface area contributed by atoms with E-state index in [4.69, 9.17) is 9.84 Å². The number of carboxylic acids is 1. The van der Waals surface area contributed by atoms with Gasteiger partial charge < -0.3 is 14.7 Å². The molecule has 2 amide bonds. The molecule has 2 N–H and O–H groups in total. The van der Waals surface area contributed by atoms with Crippen LogP contribution in [0.3, 0.4) is 0 Å². The fourth-order valence-electron chi connectivity index (χ4n) is 4.79. The summed E-state index contributed by atoms with van der Waals surface area (Å²) in [4.78, 5) is 37.2. The Hall–Kier alpha value is -4.14. The summed E-state index contributed by atoms with van der Waals surface area (Å²) in [5.41, 5.74) is 5.06. The second-order valence-electron chi connectivity index (χ2n) is 8.97. The average Bonchev–Trinajstić information content (AvgIpc) is 3.38. The first kappa shape index (κ1) is 22.6. The molecule has 9 heteroatoms. The molecule has 0 unspecified atom stereocenters. The zero-order valence-electron chi connectivity index (χ0n) is 19.1. The van der Waals surface area contributed by atoms with Crippen molar-refractivity contribution in [3.63, 3.8) is 0 Å². The number of rotatable bonds is 8. The Morgan fingerprint density at radius 3 is 2.34 bits per heavy atom. The van der Waals surface area contributed by atoms with E-state index in [1.165, 1.54) is 22.0 Å². The third-order valence-electron chi connectivity index (χ3n) is 6.60. The van der Waals surface area contributed by atoms with Crippen LogP contribution < -0.4 is 5.32 Å². The molecule has 2 aromatic carbocycles. The number of nitrogens with one attached hydrogen (secondary N) is 1. The highest BCUT2D eigenvalue weighted by molar-refractivity contribution is 5.85. The van der Waals surface area contributed by atoms with E-state index in [0.29, 0.717) is 25.2 Å². The molecule has 35 heavy (non-hydrogen) atoms. The third-order valence-corrected chi connectivity index (χ3v) is 6.60. The highest BCUT2D eigenvalue weighted by Crippen LogP contribution is 2.44. The SMILES string of the molecule is O=C(O)CCC1CN(C(=O)Cn2cc(NC(=O)OCC3c4ccccc4-c4ccccc43)cn2)C1. The number of aromatic nitrogens is 2. The molecule has 1 aromatic heterocycles. The van der Waals surface area contributed by atoms with Gasteiger partial charge in [0.2, 0.25) is 5.91 Å². The van der Waals surface area contributed by atoms with Crippen molar-refractivity contribution in [3.05, 3.63) is 72.1 Å². The van der Waals surface area contributed by atoms with Gasteiger partial charge in [-0.25, -0.2) is 4.79 Å². The van der Waals surface area contributed by atoms with Gasteiger partial charge in [-0.05, 0) is 34.6 Å². The van der Waals surface area contributed by atoms with Gasteiger partial charge in [0.25, 0.3) is 0 Å². The van der Waals surface area contributed by atoms with Crippen LogP contribution in [-0.2, 0) is 20.9 Å². The van der Waals surface area contributed by atoms with Crippen molar-refractivity contribution < 1.29 is 24.2 Å². The molecule has 1 fully saturated rings.